The van der Waals surface area contributed by atoms with Crippen LogP contribution in [0.5, 0.6) is 5.75 Å². The Morgan fingerprint density at radius 2 is 2.00 bits per heavy atom. The summed E-state index contributed by atoms with van der Waals surface area (Å²) in [5, 5.41) is 0.610. The minimum absolute atomic E-state index is 0.345. The molecule has 2 aromatic rings. The summed E-state index contributed by atoms with van der Waals surface area (Å²) in [6.45, 7) is 3.78. The van der Waals surface area contributed by atoms with E-state index in [9.17, 15) is 9.59 Å². The van der Waals surface area contributed by atoms with Gasteiger partial charge in [0.1, 0.15) is 23.9 Å². The first-order chi connectivity index (χ1) is 12.4. The molecule has 0 saturated carbocycles. The van der Waals surface area contributed by atoms with Crippen LogP contribution in [0, 0.1) is 13.8 Å². The summed E-state index contributed by atoms with van der Waals surface area (Å²) in [6.07, 6.45) is 4.84. The second kappa shape index (κ2) is 7.49. The summed E-state index contributed by atoms with van der Waals surface area (Å²) in [4.78, 5) is 23.9. The Balaban J connectivity index is 1.58. The van der Waals surface area contributed by atoms with E-state index in [1.54, 1.807) is 44.2 Å². The van der Waals surface area contributed by atoms with Crippen molar-refractivity contribution in [3.05, 3.63) is 69.7 Å². The SMILES string of the molecule is Cc1cc(C(=O)NNC(=O)/C=C/C2=Cc3cc(Cl)ccc3OC2)c(C)o1. The summed E-state index contributed by atoms with van der Waals surface area (Å²) in [7, 11) is 0. The number of ether oxygens (including phenoxy) is 1. The van der Waals surface area contributed by atoms with Crippen molar-refractivity contribution in [2.45, 2.75) is 13.8 Å². The average Bonchev–Trinajstić information content (AvgIpc) is 2.95. The number of carbonyl (C=O) groups excluding carboxylic acids is 2. The zero-order chi connectivity index (χ0) is 18.7. The molecule has 2 N–H and O–H groups in total. The molecule has 0 fully saturated rings. The van der Waals surface area contributed by atoms with Crippen LogP contribution in [0.15, 0.2) is 46.4 Å². The Morgan fingerprint density at radius 3 is 2.73 bits per heavy atom. The predicted molar refractivity (Wildman–Crippen MR) is 97.9 cm³/mol. The maximum absolute atomic E-state index is 12.0. The van der Waals surface area contributed by atoms with Crippen molar-refractivity contribution in [2.24, 2.45) is 0 Å². The molecule has 26 heavy (non-hydrogen) atoms. The first-order valence-electron chi connectivity index (χ1n) is 7.91. The first-order valence-corrected chi connectivity index (χ1v) is 8.28. The fraction of sp³-hybridized carbons (Fsp3) is 0.158. The van der Waals surface area contributed by atoms with E-state index in [1.807, 2.05) is 6.08 Å². The number of carbonyl (C=O) groups is 2. The van der Waals surface area contributed by atoms with Crippen molar-refractivity contribution in [3.8, 4) is 5.75 Å². The monoisotopic (exact) mass is 372 g/mol. The van der Waals surface area contributed by atoms with Crippen molar-refractivity contribution >= 4 is 29.5 Å². The molecule has 2 amide bonds. The van der Waals surface area contributed by atoms with Gasteiger partial charge in [0.2, 0.25) is 0 Å². The third-order valence-electron chi connectivity index (χ3n) is 3.74. The summed E-state index contributed by atoms with van der Waals surface area (Å²) in [5.74, 6) is 0.961. The lowest BCUT2D eigenvalue weighted by Crippen LogP contribution is -2.40. The molecule has 1 aromatic heterocycles. The van der Waals surface area contributed by atoms with Gasteiger partial charge in [-0.15, -0.1) is 0 Å². The highest BCUT2D eigenvalue weighted by Gasteiger charge is 2.14. The minimum Gasteiger partial charge on any atom is -0.488 e. The van der Waals surface area contributed by atoms with Gasteiger partial charge in [0, 0.05) is 16.7 Å². The van der Waals surface area contributed by atoms with Crippen LogP contribution in [0.25, 0.3) is 6.08 Å². The van der Waals surface area contributed by atoms with E-state index in [4.69, 9.17) is 20.8 Å². The molecule has 0 saturated heterocycles. The molecule has 1 aliphatic rings. The molecule has 3 rings (SSSR count). The number of halogens is 1. The van der Waals surface area contributed by atoms with Crippen LogP contribution in [-0.4, -0.2) is 18.4 Å². The van der Waals surface area contributed by atoms with E-state index in [0.717, 1.165) is 16.9 Å². The van der Waals surface area contributed by atoms with Crippen LogP contribution in [0.1, 0.15) is 27.4 Å². The molecule has 6 nitrogen and oxygen atoms in total. The second-order valence-corrected chi connectivity index (χ2v) is 6.23. The molecule has 0 atom stereocenters. The van der Waals surface area contributed by atoms with Crippen LogP contribution in [-0.2, 0) is 4.79 Å². The number of hydrazine groups is 1. The van der Waals surface area contributed by atoms with Crippen molar-refractivity contribution < 1.29 is 18.7 Å². The molecular formula is C19H17ClN2O4. The summed E-state index contributed by atoms with van der Waals surface area (Å²) in [5.41, 5.74) is 6.71. The summed E-state index contributed by atoms with van der Waals surface area (Å²) < 4.78 is 10.9. The molecule has 1 aromatic carbocycles. The number of hydrogen-bond acceptors (Lipinski definition) is 4. The molecule has 1 aliphatic heterocycles. The minimum atomic E-state index is -0.464. The van der Waals surface area contributed by atoms with Crippen LogP contribution in [0.3, 0.4) is 0 Å². The number of hydrogen-bond donors (Lipinski definition) is 2. The smallest absolute Gasteiger partial charge is 0.273 e. The molecule has 0 radical (unpaired) electrons. The molecule has 0 bridgehead atoms. The van der Waals surface area contributed by atoms with Crippen molar-refractivity contribution in [2.75, 3.05) is 6.61 Å². The molecule has 2 heterocycles. The lowest BCUT2D eigenvalue weighted by atomic mass is 10.1. The highest BCUT2D eigenvalue weighted by Crippen LogP contribution is 2.29. The van der Waals surface area contributed by atoms with Gasteiger partial charge < -0.3 is 9.15 Å². The number of aryl methyl sites for hydroxylation is 2. The lowest BCUT2D eigenvalue weighted by molar-refractivity contribution is -0.117. The fourth-order valence-corrected chi connectivity index (χ4v) is 2.71. The molecule has 134 valence electrons. The normalized spacial score (nSPS) is 13.0. The lowest BCUT2D eigenvalue weighted by Gasteiger charge is -2.16. The van der Waals surface area contributed by atoms with Crippen LogP contribution in [0.4, 0.5) is 0 Å². The van der Waals surface area contributed by atoms with Crippen molar-refractivity contribution in [1.82, 2.24) is 10.9 Å². The van der Waals surface area contributed by atoms with Gasteiger partial charge in [0.15, 0.2) is 0 Å². The van der Waals surface area contributed by atoms with Crippen LogP contribution < -0.4 is 15.6 Å². The van der Waals surface area contributed by atoms with Gasteiger partial charge in [0.25, 0.3) is 11.8 Å². The number of nitrogens with one attached hydrogen (secondary N) is 2. The third-order valence-corrected chi connectivity index (χ3v) is 3.98. The van der Waals surface area contributed by atoms with Gasteiger partial charge in [-0.2, -0.15) is 0 Å². The fourth-order valence-electron chi connectivity index (χ4n) is 2.53. The maximum Gasteiger partial charge on any atom is 0.273 e. The van der Waals surface area contributed by atoms with E-state index >= 15 is 0 Å². The Morgan fingerprint density at radius 1 is 1.19 bits per heavy atom. The Bertz CT molecular complexity index is 928. The number of fused-ring (bicyclic) bond motifs is 1. The van der Waals surface area contributed by atoms with Gasteiger partial charge in [-0.1, -0.05) is 17.7 Å². The van der Waals surface area contributed by atoms with Gasteiger partial charge in [0.05, 0.1) is 5.56 Å². The predicted octanol–water partition coefficient (Wildman–Crippen LogP) is 3.34. The summed E-state index contributed by atoms with van der Waals surface area (Å²) in [6, 6.07) is 6.96. The largest absolute Gasteiger partial charge is 0.488 e. The highest BCUT2D eigenvalue weighted by atomic mass is 35.5. The molecule has 0 unspecified atom stereocenters. The van der Waals surface area contributed by atoms with Crippen LogP contribution >= 0.6 is 11.6 Å². The number of amides is 2. The standard InChI is InChI=1S/C19H17ClN2O4/c1-11-7-16(12(2)26-11)19(24)22-21-18(23)6-3-13-8-14-9-15(20)4-5-17(14)25-10-13/h3-9H,10H2,1-2H3,(H,21,23)(H,22,24)/b6-3+. The Labute approximate surface area is 155 Å². The van der Waals surface area contributed by atoms with Crippen LogP contribution in [0.2, 0.25) is 5.02 Å². The number of benzene rings is 1. The van der Waals surface area contributed by atoms with Gasteiger partial charge in [-0.05, 0) is 49.8 Å². The van der Waals surface area contributed by atoms with E-state index < -0.39 is 11.8 Å². The average molecular weight is 373 g/mol. The Kier molecular flexibility index (Phi) is 5.14. The Hall–Kier alpha value is -2.99. The second-order valence-electron chi connectivity index (χ2n) is 5.79. The number of rotatable bonds is 3. The molecule has 7 heteroatoms. The van der Waals surface area contributed by atoms with Gasteiger partial charge >= 0.3 is 0 Å². The van der Waals surface area contributed by atoms with E-state index in [1.165, 1.54) is 6.08 Å². The number of furan rings is 1. The molecule has 0 aliphatic carbocycles. The molecular weight excluding hydrogens is 356 g/mol. The molecule has 0 spiro atoms. The first kappa shape index (κ1) is 17.8. The zero-order valence-corrected chi connectivity index (χ0v) is 15.0. The highest BCUT2D eigenvalue weighted by molar-refractivity contribution is 6.30. The van der Waals surface area contributed by atoms with Crippen molar-refractivity contribution in [1.29, 1.82) is 0 Å². The van der Waals surface area contributed by atoms with Gasteiger partial charge in [-0.25, -0.2) is 0 Å². The van der Waals surface area contributed by atoms with Crippen molar-refractivity contribution in [3.63, 3.8) is 0 Å². The quantitative estimate of drug-likeness (QED) is 0.639. The van der Waals surface area contributed by atoms with E-state index in [0.29, 0.717) is 28.7 Å². The summed E-state index contributed by atoms with van der Waals surface area (Å²) >= 11 is 5.97. The zero-order valence-electron chi connectivity index (χ0n) is 14.3. The maximum atomic E-state index is 12.0. The van der Waals surface area contributed by atoms with E-state index in [-0.39, 0.29) is 0 Å². The topological polar surface area (TPSA) is 80.6 Å². The van der Waals surface area contributed by atoms with E-state index in [2.05, 4.69) is 10.9 Å². The van der Waals surface area contributed by atoms with Gasteiger partial charge in [-0.3, -0.25) is 20.4 Å². The third kappa shape index (κ3) is 4.15.